The summed E-state index contributed by atoms with van der Waals surface area (Å²) in [5.41, 5.74) is 2.54. The molecule has 0 aliphatic heterocycles. The summed E-state index contributed by atoms with van der Waals surface area (Å²) < 4.78 is 2.45. The molecule has 0 spiro atoms. The molecule has 3 nitrogen and oxygen atoms in total. The van der Waals surface area contributed by atoms with Crippen LogP contribution < -0.4 is 0 Å². The molecular formula is C11H8BrN3. The van der Waals surface area contributed by atoms with Gasteiger partial charge in [0.1, 0.15) is 10.7 Å². The minimum absolute atomic E-state index is 0.621. The van der Waals surface area contributed by atoms with Crippen molar-refractivity contribution in [2.75, 3.05) is 0 Å². The van der Waals surface area contributed by atoms with Crippen LogP contribution in [0.2, 0.25) is 0 Å². The number of aromatic nitrogens is 2. The number of halogens is 1. The van der Waals surface area contributed by atoms with E-state index < -0.39 is 0 Å². The maximum absolute atomic E-state index is 8.97. The molecule has 0 saturated heterocycles. The molecule has 2 rings (SSSR count). The SMILES string of the molecule is Cc1ccc(C#N)c(-n2ccc(Br)n2)c1. The van der Waals surface area contributed by atoms with Gasteiger partial charge in [0.15, 0.2) is 0 Å². The van der Waals surface area contributed by atoms with Gasteiger partial charge in [0.05, 0.1) is 11.3 Å². The number of nitriles is 1. The second-order valence-electron chi connectivity index (χ2n) is 3.22. The predicted octanol–water partition coefficient (Wildman–Crippen LogP) is 2.81. The molecule has 0 fully saturated rings. The second-order valence-corrected chi connectivity index (χ2v) is 4.03. The van der Waals surface area contributed by atoms with Gasteiger partial charge in [-0.2, -0.15) is 10.4 Å². The second kappa shape index (κ2) is 3.87. The van der Waals surface area contributed by atoms with E-state index in [1.807, 2.05) is 31.3 Å². The van der Waals surface area contributed by atoms with Gasteiger partial charge in [0.25, 0.3) is 0 Å². The molecule has 15 heavy (non-hydrogen) atoms. The fourth-order valence-electron chi connectivity index (χ4n) is 1.36. The van der Waals surface area contributed by atoms with Gasteiger partial charge in [0.2, 0.25) is 0 Å². The van der Waals surface area contributed by atoms with Crippen LogP contribution in [0.25, 0.3) is 5.69 Å². The Kier molecular flexibility index (Phi) is 2.57. The first-order valence-electron chi connectivity index (χ1n) is 4.43. The van der Waals surface area contributed by atoms with Crippen LogP contribution in [0, 0.1) is 18.3 Å². The Labute approximate surface area is 96.1 Å². The van der Waals surface area contributed by atoms with E-state index in [1.165, 1.54) is 0 Å². The van der Waals surface area contributed by atoms with Crippen molar-refractivity contribution < 1.29 is 0 Å². The summed E-state index contributed by atoms with van der Waals surface area (Å²) in [6, 6.07) is 9.66. The number of hydrogen-bond donors (Lipinski definition) is 0. The zero-order chi connectivity index (χ0) is 10.8. The summed E-state index contributed by atoms with van der Waals surface area (Å²) in [4.78, 5) is 0. The highest BCUT2D eigenvalue weighted by Crippen LogP contribution is 2.16. The molecule has 0 N–H and O–H groups in total. The molecule has 0 aliphatic carbocycles. The van der Waals surface area contributed by atoms with E-state index in [1.54, 1.807) is 10.7 Å². The van der Waals surface area contributed by atoms with E-state index >= 15 is 0 Å². The van der Waals surface area contributed by atoms with E-state index in [-0.39, 0.29) is 0 Å². The summed E-state index contributed by atoms with van der Waals surface area (Å²) in [6.45, 7) is 1.99. The molecule has 0 amide bonds. The molecule has 0 aliphatic rings. The predicted molar refractivity (Wildman–Crippen MR) is 60.7 cm³/mol. The third kappa shape index (κ3) is 1.92. The Morgan fingerprint density at radius 3 is 2.80 bits per heavy atom. The van der Waals surface area contributed by atoms with Crippen LogP contribution in [0.5, 0.6) is 0 Å². The van der Waals surface area contributed by atoms with Crippen molar-refractivity contribution in [3.63, 3.8) is 0 Å². The minimum Gasteiger partial charge on any atom is -0.238 e. The Morgan fingerprint density at radius 2 is 2.20 bits per heavy atom. The first-order chi connectivity index (χ1) is 7.20. The maximum Gasteiger partial charge on any atom is 0.128 e. The lowest BCUT2D eigenvalue weighted by atomic mass is 10.1. The zero-order valence-corrected chi connectivity index (χ0v) is 9.69. The highest BCUT2D eigenvalue weighted by atomic mass is 79.9. The van der Waals surface area contributed by atoms with E-state index in [9.17, 15) is 0 Å². The molecule has 74 valence electrons. The summed E-state index contributed by atoms with van der Waals surface area (Å²) >= 11 is 3.28. The molecule has 0 saturated carbocycles. The van der Waals surface area contributed by atoms with Crippen molar-refractivity contribution in [1.29, 1.82) is 5.26 Å². The summed E-state index contributed by atoms with van der Waals surface area (Å²) in [7, 11) is 0. The number of aryl methyl sites for hydroxylation is 1. The summed E-state index contributed by atoms with van der Waals surface area (Å²) in [6.07, 6.45) is 1.82. The molecule has 1 aromatic heterocycles. The molecule has 0 unspecified atom stereocenters. The van der Waals surface area contributed by atoms with Gasteiger partial charge in [-0.15, -0.1) is 0 Å². The van der Waals surface area contributed by atoms with Gasteiger partial charge in [-0.05, 0) is 46.6 Å². The largest absolute Gasteiger partial charge is 0.238 e. The topological polar surface area (TPSA) is 41.6 Å². The average molecular weight is 262 g/mol. The lowest BCUT2D eigenvalue weighted by Crippen LogP contribution is -1.98. The van der Waals surface area contributed by atoms with E-state index in [4.69, 9.17) is 5.26 Å². The minimum atomic E-state index is 0.621. The number of benzene rings is 1. The standard InChI is InChI=1S/C11H8BrN3/c1-8-2-3-9(7-13)10(6-8)15-5-4-11(12)14-15/h2-6H,1H3. The van der Waals surface area contributed by atoms with Crippen molar-refractivity contribution in [2.45, 2.75) is 6.92 Å². The number of hydrogen-bond acceptors (Lipinski definition) is 2. The Hall–Kier alpha value is -1.60. The summed E-state index contributed by atoms with van der Waals surface area (Å²) in [5.74, 6) is 0. The monoisotopic (exact) mass is 261 g/mol. The highest BCUT2D eigenvalue weighted by Gasteiger charge is 2.05. The molecule has 0 radical (unpaired) electrons. The first-order valence-corrected chi connectivity index (χ1v) is 5.22. The average Bonchev–Trinajstić information content (AvgIpc) is 2.65. The van der Waals surface area contributed by atoms with Crippen LogP contribution >= 0.6 is 15.9 Å². The van der Waals surface area contributed by atoms with Gasteiger partial charge in [-0.25, -0.2) is 4.68 Å². The lowest BCUT2D eigenvalue weighted by Gasteiger charge is -2.04. The first kappa shape index (κ1) is 9.94. The maximum atomic E-state index is 8.97. The van der Waals surface area contributed by atoms with Crippen molar-refractivity contribution in [1.82, 2.24) is 9.78 Å². The van der Waals surface area contributed by atoms with Crippen LogP contribution in [0.3, 0.4) is 0 Å². The fourth-order valence-corrected chi connectivity index (χ4v) is 1.65. The van der Waals surface area contributed by atoms with Gasteiger partial charge >= 0.3 is 0 Å². The quantitative estimate of drug-likeness (QED) is 0.792. The molecule has 2 aromatic rings. The molecule has 0 atom stereocenters. The molecule has 1 aromatic carbocycles. The number of rotatable bonds is 1. The highest BCUT2D eigenvalue weighted by molar-refractivity contribution is 9.10. The van der Waals surface area contributed by atoms with E-state index in [0.717, 1.165) is 15.9 Å². The van der Waals surface area contributed by atoms with Crippen LogP contribution in [0.15, 0.2) is 35.1 Å². The van der Waals surface area contributed by atoms with Crippen LogP contribution in [-0.2, 0) is 0 Å². The van der Waals surface area contributed by atoms with Crippen LogP contribution in [0.4, 0.5) is 0 Å². The Balaban J connectivity index is 2.61. The normalized spacial score (nSPS) is 9.93. The third-order valence-electron chi connectivity index (χ3n) is 2.08. The number of nitrogens with zero attached hydrogens (tertiary/aromatic N) is 3. The Morgan fingerprint density at radius 1 is 1.40 bits per heavy atom. The summed E-state index contributed by atoms with van der Waals surface area (Å²) in [5, 5.41) is 13.2. The fraction of sp³-hybridized carbons (Fsp3) is 0.0909. The molecular weight excluding hydrogens is 254 g/mol. The molecule has 0 bridgehead atoms. The lowest BCUT2D eigenvalue weighted by molar-refractivity contribution is 0.866. The van der Waals surface area contributed by atoms with Crippen molar-refractivity contribution >= 4 is 15.9 Å². The molecule has 4 heteroatoms. The van der Waals surface area contributed by atoms with Crippen molar-refractivity contribution in [2.24, 2.45) is 0 Å². The molecule has 1 heterocycles. The van der Waals surface area contributed by atoms with E-state index in [2.05, 4.69) is 27.1 Å². The van der Waals surface area contributed by atoms with Crippen molar-refractivity contribution in [3.8, 4) is 11.8 Å². The Bertz CT molecular complexity index is 537. The van der Waals surface area contributed by atoms with Crippen LogP contribution in [-0.4, -0.2) is 9.78 Å². The van der Waals surface area contributed by atoms with Crippen molar-refractivity contribution in [3.05, 3.63) is 46.2 Å². The van der Waals surface area contributed by atoms with Crippen LogP contribution in [0.1, 0.15) is 11.1 Å². The van der Waals surface area contributed by atoms with E-state index in [0.29, 0.717) is 5.56 Å². The van der Waals surface area contributed by atoms with Gasteiger partial charge in [0, 0.05) is 6.20 Å². The zero-order valence-electron chi connectivity index (χ0n) is 8.11. The van der Waals surface area contributed by atoms with Gasteiger partial charge in [-0.3, -0.25) is 0 Å². The third-order valence-corrected chi connectivity index (χ3v) is 2.50. The van der Waals surface area contributed by atoms with Gasteiger partial charge < -0.3 is 0 Å². The smallest absolute Gasteiger partial charge is 0.128 e. The van der Waals surface area contributed by atoms with Gasteiger partial charge in [-0.1, -0.05) is 6.07 Å².